The molecule has 3 nitrogen and oxygen atoms in total. The van der Waals surface area contributed by atoms with Gasteiger partial charge in [-0.2, -0.15) is 11.8 Å². The summed E-state index contributed by atoms with van der Waals surface area (Å²) in [4.78, 5) is 12.1. The molecule has 0 heterocycles. The molecule has 0 aliphatic heterocycles. The predicted octanol–water partition coefficient (Wildman–Crippen LogP) is 3.28. The highest BCUT2D eigenvalue weighted by molar-refractivity contribution is 7.98. The molecule has 1 aromatic carbocycles. The number of ether oxygens (including phenoxy) is 2. The van der Waals surface area contributed by atoms with Crippen molar-refractivity contribution in [1.29, 1.82) is 0 Å². The van der Waals surface area contributed by atoms with Crippen molar-refractivity contribution in [2.24, 2.45) is 5.92 Å². The fourth-order valence-electron chi connectivity index (χ4n) is 1.72. The fourth-order valence-corrected chi connectivity index (χ4v) is 2.37. The first-order chi connectivity index (χ1) is 9.19. The Morgan fingerprint density at radius 1 is 1.26 bits per heavy atom. The summed E-state index contributed by atoms with van der Waals surface area (Å²) in [5.74, 6) is 1.91. The highest BCUT2D eigenvalue weighted by atomic mass is 32.2. The van der Waals surface area contributed by atoms with Crippen LogP contribution in [-0.2, 0) is 4.74 Å². The van der Waals surface area contributed by atoms with Crippen molar-refractivity contribution in [2.75, 3.05) is 32.3 Å². The molecule has 0 radical (unpaired) electrons. The van der Waals surface area contributed by atoms with E-state index in [-0.39, 0.29) is 11.7 Å². The Hall–Kier alpha value is -1.00. The maximum atomic E-state index is 12.1. The average molecular weight is 282 g/mol. The smallest absolute Gasteiger partial charge is 0.166 e. The zero-order valence-corrected chi connectivity index (χ0v) is 12.7. The Morgan fingerprint density at radius 2 is 1.95 bits per heavy atom. The molecular weight excluding hydrogens is 260 g/mol. The van der Waals surface area contributed by atoms with Gasteiger partial charge in [-0.25, -0.2) is 0 Å². The zero-order valence-electron chi connectivity index (χ0n) is 11.8. The second-order valence-electron chi connectivity index (χ2n) is 4.44. The number of carbonyl (C=O) groups excluding carboxylic acids is 1. The normalized spacial score (nSPS) is 12.2. The molecule has 106 valence electrons. The predicted molar refractivity (Wildman–Crippen MR) is 80.3 cm³/mol. The number of thioether (sulfide) groups is 1. The first kappa shape index (κ1) is 16.1. The lowest BCUT2D eigenvalue weighted by Gasteiger charge is -2.10. The SMILES string of the molecule is COCCCOc1ccc(C(=O)C(C)CSC)cc1. The maximum absolute atomic E-state index is 12.1. The second kappa shape index (κ2) is 8.99. The largest absolute Gasteiger partial charge is 0.494 e. The third kappa shape index (κ3) is 5.66. The minimum Gasteiger partial charge on any atom is -0.494 e. The van der Waals surface area contributed by atoms with E-state index in [1.807, 2.05) is 37.4 Å². The Kier molecular flexibility index (Phi) is 7.60. The molecule has 4 heteroatoms. The number of Topliss-reactive ketones (excluding diaryl/α,β-unsaturated/α-hetero) is 1. The van der Waals surface area contributed by atoms with Gasteiger partial charge in [0.05, 0.1) is 6.61 Å². The van der Waals surface area contributed by atoms with Gasteiger partial charge in [-0.15, -0.1) is 0 Å². The highest BCUT2D eigenvalue weighted by Crippen LogP contribution is 2.17. The standard InChI is InChI=1S/C15H22O3S/c1-12(11-19-3)15(16)13-5-7-14(8-6-13)18-10-4-9-17-2/h5-8,12H,4,9-11H2,1-3H3. The number of ketones is 1. The van der Waals surface area contributed by atoms with Crippen LogP contribution in [0.15, 0.2) is 24.3 Å². The lowest BCUT2D eigenvalue weighted by atomic mass is 10.0. The van der Waals surface area contributed by atoms with E-state index in [0.717, 1.165) is 23.5 Å². The monoisotopic (exact) mass is 282 g/mol. The highest BCUT2D eigenvalue weighted by Gasteiger charge is 2.14. The summed E-state index contributed by atoms with van der Waals surface area (Å²) in [6, 6.07) is 7.38. The van der Waals surface area contributed by atoms with Crippen LogP contribution in [0.1, 0.15) is 23.7 Å². The summed E-state index contributed by atoms with van der Waals surface area (Å²) in [6.07, 6.45) is 2.88. The number of carbonyl (C=O) groups is 1. The first-order valence-electron chi connectivity index (χ1n) is 6.44. The van der Waals surface area contributed by atoms with Gasteiger partial charge >= 0.3 is 0 Å². The molecule has 0 spiro atoms. The molecule has 0 aliphatic carbocycles. The van der Waals surface area contributed by atoms with Crippen LogP contribution >= 0.6 is 11.8 Å². The van der Waals surface area contributed by atoms with Crippen LogP contribution in [0.3, 0.4) is 0 Å². The van der Waals surface area contributed by atoms with Crippen molar-refractivity contribution in [1.82, 2.24) is 0 Å². The average Bonchev–Trinajstić information content (AvgIpc) is 2.44. The van der Waals surface area contributed by atoms with Crippen molar-refractivity contribution in [2.45, 2.75) is 13.3 Å². The summed E-state index contributed by atoms with van der Waals surface area (Å²) >= 11 is 1.69. The van der Waals surface area contributed by atoms with E-state index >= 15 is 0 Å². The molecular formula is C15H22O3S. The topological polar surface area (TPSA) is 35.5 Å². The number of methoxy groups -OCH3 is 1. The quantitative estimate of drug-likeness (QED) is 0.514. The lowest BCUT2D eigenvalue weighted by molar-refractivity contribution is 0.0942. The second-order valence-corrected chi connectivity index (χ2v) is 5.35. The molecule has 0 fully saturated rings. The summed E-state index contributed by atoms with van der Waals surface area (Å²) in [5.41, 5.74) is 0.755. The fraction of sp³-hybridized carbons (Fsp3) is 0.533. The van der Waals surface area contributed by atoms with Crippen LogP contribution in [0, 0.1) is 5.92 Å². The molecule has 0 amide bonds. The van der Waals surface area contributed by atoms with Crippen LogP contribution < -0.4 is 4.74 Å². The molecule has 19 heavy (non-hydrogen) atoms. The molecule has 1 aromatic rings. The van der Waals surface area contributed by atoms with Crippen molar-refractivity contribution in [3.8, 4) is 5.75 Å². The number of hydrogen-bond acceptors (Lipinski definition) is 4. The van der Waals surface area contributed by atoms with Crippen LogP contribution in [-0.4, -0.2) is 38.1 Å². The van der Waals surface area contributed by atoms with Crippen LogP contribution in [0.5, 0.6) is 5.75 Å². The van der Waals surface area contributed by atoms with E-state index < -0.39 is 0 Å². The lowest BCUT2D eigenvalue weighted by Crippen LogP contribution is -2.13. The van der Waals surface area contributed by atoms with Crippen LogP contribution in [0.2, 0.25) is 0 Å². The molecule has 0 bridgehead atoms. The van der Waals surface area contributed by atoms with Gasteiger partial charge in [0, 0.05) is 37.4 Å². The van der Waals surface area contributed by atoms with Crippen LogP contribution in [0.4, 0.5) is 0 Å². The Labute approximate surface area is 119 Å². The summed E-state index contributed by atoms with van der Waals surface area (Å²) in [6.45, 7) is 3.29. The summed E-state index contributed by atoms with van der Waals surface area (Å²) in [7, 11) is 1.68. The Morgan fingerprint density at radius 3 is 2.53 bits per heavy atom. The van der Waals surface area contributed by atoms with E-state index in [9.17, 15) is 4.79 Å². The van der Waals surface area contributed by atoms with Gasteiger partial charge in [0.1, 0.15) is 5.75 Å². The molecule has 0 saturated heterocycles. The van der Waals surface area contributed by atoms with Gasteiger partial charge in [0.2, 0.25) is 0 Å². The van der Waals surface area contributed by atoms with Crippen molar-refractivity contribution in [3.05, 3.63) is 29.8 Å². The number of rotatable bonds is 9. The van der Waals surface area contributed by atoms with Gasteiger partial charge in [0.25, 0.3) is 0 Å². The van der Waals surface area contributed by atoms with Gasteiger partial charge in [-0.05, 0) is 30.5 Å². The number of benzene rings is 1. The third-order valence-corrected chi connectivity index (χ3v) is 3.60. The minimum absolute atomic E-state index is 0.0588. The van der Waals surface area contributed by atoms with Crippen molar-refractivity contribution >= 4 is 17.5 Å². The van der Waals surface area contributed by atoms with Crippen molar-refractivity contribution in [3.63, 3.8) is 0 Å². The van der Waals surface area contributed by atoms with E-state index in [1.54, 1.807) is 18.9 Å². The Bertz CT molecular complexity index is 375. The van der Waals surface area contributed by atoms with E-state index in [2.05, 4.69) is 0 Å². The van der Waals surface area contributed by atoms with E-state index in [4.69, 9.17) is 9.47 Å². The van der Waals surface area contributed by atoms with E-state index in [0.29, 0.717) is 13.2 Å². The maximum Gasteiger partial charge on any atom is 0.166 e. The zero-order chi connectivity index (χ0) is 14.1. The number of hydrogen-bond donors (Lipinski definition) is 0. The first-order valence-corrected chi connectivity index (χ1v) is 7.83. The molecule has 1 unspecified atom stereocenters. The van der Waals surface area contributed by atoms with Gasteiger partial charge < -0.3 is 9.47 Å². The molecule has 1 rings (SSSR count). The van der Waals surface area contributed by atoms with Gasteiger partial charge in [-0.3, -0.25) is 4.79 Å². The molecule has 0 saturated carbocycles. The summed E-state index contributed by atoms with van der Waals surface area (Å²) < 4.78 is 10.5. The molecule has 0 aromatic heterocycles. The molecule has 0 aliphatic rings. The Balaban J connectivity index is 2.49. The van der Waals surface area contributed by atoms with Crippen LogP contribution in [0.25, 0.3) is 0 Å². The molecule has 0 N–H and O–H groups in total. The van der Waals surface area contributed by atoms with Gasteiger partial charge in [0.15, 0.2) is 5.78 Å². The molecule has 1 atom stereocenters. The summed E-state index contributed by atoms with van der Waals surface area (Å²) in [5, 5.41) is 0. The van der Waals surface area contributed by atoms with E-state index in [1.165, 1.54) is 0 Å². The van der Waals surface area contributed by atoms with Crippen molar-refractivity contribution < 1.29 is 14.3 Å². The van der Waals surface area contributed by atoms with Gasteiger partial charge in [-0.1, -0.05) is 6.92 Å². The third-order valence-electron chi connectivity index (χ3n) is 2.76. The minimum atomic E-state index is 0.0588.